The first-order valence-electron chi connectivity index (χ1n) is 15.4. The fraction of sp³-hybridized carbons (Fsp3) is 0.606. The first-order valence-corrected chi connectivity index (χ1v) is 15.4. The standard InChI is InChI=1S/C33H37F5N2O4/c1-19(41)39-13-15-40(16-14-39)29(43)21-5-3-20(4-6-21)26-18-30(2)27(11-12-31(30,44)32(34,35)33(36,37)38)25-9-7-22-17-23(42)8-10-24(22)28(25)26/h3-6,17,25-27,44H,7-16,18H2,1-2H3/t25?,26-,27?,30?,31+/m1/s1. The van der Waals surface area contributed by atoms with Gasteiger partial charge in [-0.2, -0.15) is 22.0 Å². The van der Waals surface area contributed by atoms with Gasteiger partial charge in [-0.15, -0.1) is 0 Å². The highest BCUT2D eigenvalue weighted by Crippen LogP contribution is 2.70. The van der Waals surface area contributed by atoms with E-state index >= 15 is 8.78 Å². The number of alkyl halides is 5. The molecule has 2 saturated carbocycles. The van der Waals surface area contributed by atoms with Gasteiger partial charge in [-0.25, -0.2) is 0 Å². The van der Waals surface area contributed by atoms with Crippen LogP contribution in [0.5, 0.6) is 0 Å². The molecule has 1 aliphatic heterocycles. The molecule has 5 atom stereocenters. The van der Waals surface area contributed by atoms with Crippen LogP contribution in [-0.4, -0.2) is 76.4 Å². The number of fused-ring (bicyclic) bond motifs is 4. The summed E-state index contributed by atoms with van der Waals surface area (Å²) in [6.07, 6.45) is -3.14. The molecule has 6 rings (SSSR count). The minimum Gasteiger partial charge on any atom is -0.383 e. The molecule has 0 radical (unpaired) electrons. The molecule has 1 aromatic rings. The van der Waals surface area contributed by atoms with E-state index in [4.69, 9.17) is 0 Å². The van der Waals surface area contributed by atoms with Crippen LogP contribution in [0.15, 0.2) is 47.1 Å². The van der Waals surface area contributed by atoms with Gasteiger partial charge >= 0.3 is 12.1 Å². The summed E-state index contributed by atoms with van der Waals surface area (Å²) in [6, 6.07) is 6.78. The number of rotatable bonds is 3. The second-order valence-electron chi connectivity index (χ2n) is 13.4. The molecule has 0 spiro atoms. The van der Waals surface area contributed by atoms with Crippen LogP contribution in [0.1, 0.15) is 80.6 Å². The molecule has 2 amide bonds. The van der Waals surface area contributed by atoms with E-state index < -0.39 is 41.4 Å². The molecule has 1 saturated heterocycles. The lowest BCUT2D eigenvalue weighted by Crippen LogP contribution is -2.65. The number of piperazine rings is 1. The molecular formula is C33H37F5N2O4. The molecule has 11 heteroatoms. The quantitative estimate of drug-likeness (QED) is 0.433. The number of halogens is 5. The zero-order valence-electron chi connectivity index (χ0n) is 24.9. The summed E-state index contributed by atoms with van der Waals surface area (Å²) in [5.41, 5.74) is -1.03. The topological polar surface area (TPSA) is 77.9 Å². The number of allylic oxidation sites excluding steroid dienone is 4. The average Bonchev–Trinajstić information content (AvgIpc) is 3.27. The maximum absolute atomic E-state index is 15.2. The summed E-state index contributed by atoms with van der Waals surface area (Å²) in [4.78, 5) is 40.5. The summed E-state index contributed by atoms with van der Waals surface area (Å²) >= 11 is 0. The van der Waals surface area contributed by atoms with Crippen molar-refractivity contribution < 1.29 is 41.4 Å². The van der Waals surface area contributed by atoms with Gasteiger partial charge < -0.3 is 14.9 Å². The maximum Gasteiger partial charge on any atom is 0.456 e. The number of hydrogen-bond acceptors (Lipinski definition) is 4. The van der Waals surface area contributed by atoms with Crippen LogP contribution in [0, 0.1) is 17.3 Å². The molecule has 238 valence electrons. The number of ketones is 1. The molecule has 0 bridgehead atoms. The Hall–Kier alpha value is -3.08. The molecule has 1 aromatic carbocycles. The molecule has 6 nitrogen and oxygen atoms in total. The Bertz CT molecular complexity index is 1440. The fourth-order valence-electron chi connectivity index (χ4n) is 8.98. The van der Waals surface area contributed by atoms with Gasteiger partial charge in [-0.05, 0) is 85.3 Å². The molecular weight excluding hydrogens is 583 g/mol. The van der Waals surface area contributed by atoms with Gasteiger partial charge in [0.25, 0.3) is 5.91 Å². The fourth-order valence-corrected chi connectivity index (χ4v) is 8.98. The van der Waals surface area contributed by atoms with Crippen molar-refractivity contribution in [3.8, 4) is 0 Å². The molecule has 3 unspecified atom stereocenters. The van der Waals surface area contributed by atoms with Crippen molar-refractivity contribution in [1.82, 2.24) is 9.80 Å². The Morgan fingerprint density at radius 1 is 0.932 bits per heavy atom. The highest BCUT2D eigenvalue weighted by Gasteiger charge is 2.79. The van der Waals surface area contributed by atoms with E-state index in [0.717, 1.165) is 16.7 Å². The lowest BCUT2D eigenvalue weighted by molar-refractivity contribution is -0.362. The third kappa shape index (κ3) is 4.55. The molecule has 4 aliphatic carbocycles. The van der Waals surface area contributed by atoms with E-state index in [1.165, 1.54) is 13.8 Å². The third-order valence-corrected chi connectivity index (χ3v) is 11.3. The third-order valence-electron chi connectivity index (χ3n) is 11.3. The molecule has 5 aliphatic rings. The van der Waals surface area contributed by atoms with Crippen molar-refractivity contribution in [3.05, 3.63) is 58.2 Å². The number of amides is 2. The van der Waals surface area contributed by atoms with Gasteiger partial charge in [-0.1, -0.05) is 24.6 Å². The van der Waals surface area contributed by atoms with E-state index in [1.807, 2.05) is 0 Å². The smallest absolute Gasteiger partial charge is 0.383 e. The van der Waals surface area contributed by atoms with Crippen LogP contribution >= 0.6 is 0 Å². The van der Waals surface area contributed by atoms with Gasteiger partial charge in [0.05, 0.1) is 0 Å². The van der Waals surface area contributed by atoms with E-state index in [2.05, 4.69) is 0 Å². The summed E-state index contributed by atoms with van der Waals surface area (Å²) < 4.78 is 71.8. The largest absolute Gasteiger partial charge is 0.456 e. The minimum absolute atomic E-state index is 0.0204. The highest BCUT2D eigenvalue weighted by atomic mass is 19.4. The average molecular weight is 621 g/mol. The summed E-state index contributed by atoms with van der Waals surface area (Å²) in [7, 11) is 0. The number of benzene rings is 1. The number of hydrogen-bond donors (Lipinski definition) is 1. The van der Waals surface area contributed by atoms with Crippen molar-refractivity contribution in [2.75, 3.05) is 26.2 Å². The minimum atomic E-state index is -5.90. The number of aliphatic hydroxyl groups is 1. The van der Waals surface area contributed by atoms with E-state index in [1.54, 1.807) is 40.1 Å². The van der Waals surface area contributed by atoms with Crippen LogP contribution in [0.25, 0.3) is 0 Å². The van der Waals surface area contributed by atoms with Crippen LogP contribution < -0.4 is 0 Å². The Morgan fingerprint density at radius 3 is 2.18 bits per heavy atom. The van der Waals surface area contributed by atoms with Crippen LogP contribution in [0.2, 0.25) is 0 Å². The van der Waals surface area contributed by atoms with Gasteiger partial charge in [0.1, 0.15) is 5.60 Å². The molecule has 1 heterocycles. The Labute approximate surface area is 253 Å². The van der Waals surface area contributed by atoms with E-state index in [0.29, 0.717) is 63.0 Å². The van der Waals surface area contributed by atoms with Gasteiger partial charge in [0.15, 0.2) is 5.78 Å². The Kier molecular flexibility index (Phi) is 7.37. The number of carbonyl (C=O) groups is 3. The van der Waals surface area contributed by atoms with Crippen molar-refractivity contribution in [2.45, 2.75) is 82.4 Å². The Balaban J connectivity index is 1.38. The number of carbonyl (C=O) groups excluding carboxylic acids is 3. The summed E-state index contributed by atoms with van der Waals surface area (Å²) in [5.74, 6) is -6.98. The van der Waals surface area contributed by atoms with Crippen molar-refractivity contribution in [3.63, 3.8) is 0 Å². The first-order chi connectivity index (χ1) is 20.6. The highest BCUT2D eigenvalue weighted by molar-refractivity contribution is 5.94. The zero-order valence-corrected chi connectivity index (χ0v) is 24.9. The molecule has 44 heavy (non-hydrogen) atoms. The lowest BCUT2D eigenvalue weighted by Gasteiger charge is -2.56. The van der Waals surface area contributed by atoms with Crippen LogP contribution in [0.3, 0.4) is 0 Å². The van der Waals surface area contributed by atoms with Crippen molar-refractivity contribution in [1.29, 1.82) is 0 Å². The van der Waals surface area contributed by atoms with Gasteiger partial charge in [0, 0.05) is 56.4 Å². The lowest BCUT2D eigenvalue weighted by atomic mass is 9.50. The predicted molar refractivity (Wildman–Crippen MR) is 151 cm³/mol. The maximum atomic E-state index is 15.2. The van der Waals surface area contributed by atoms with E-state index in [-0.39, 0.29) is 36.4 Å². The second kappa shape index (κ2) is 10.5. The molecule has 0 aromatic heterocycles. The summed E-state index contributed by atoms with van der Waals surface area (Å²) in [5, 5.41) is 11.4. The molecule has 1 N–H and O–H groups in total. The van der Waals surface area contributed by atoms with Crippen molar-refractivity contribution >= 4 is 17.6 Å². The first kappa shape index (κ1) is 30.9. The summed E-state index contributed by atoms with van der Waals surface area (Å²) in [6.45, 7) is 4.53. The predicted octanol–water partition coefficient (Wildman–Crippen LogP) is 5.82. The van der Waals surface area contributed by atoms with Gasteiger partial charge in [0.2, 0.25) is 5.91 Å². The Morgan fingerprint density at radius 2 is 1.57 bits per heavy atom. The zero-order chi connectivity index (χ0) is 31.8. The van der Waals surface area contributed by atoms with Crippen LogP contribution in [0.4, 0.5) is 22.0 Å². The van der Waals surface area contributed by atoms with E-state index in [9.17, 15) is 32.7 Å². The SMILES string of the molecule is CC(=O)N1CCN(C(=O)c2ccc([C@H]3CC4(C)C(CC[C@@]4(O)C(F)(F)C(F)(F)F)C4CCC5=CC(=O)CCC5=C43)cc2)CC1. The molecule has 3 fully saturated rings. The monoisotopic (exact) mass is 620 g/mol. The van der Waals surface area contributed by atoms with Crippen LogP contribution in [-0.2, 0) is 9.59 Å². The normalized spacial score (nSPS) is 32.6. The number of nitrogens with zero attached hydrogens (tertiary/aromatic N) is 2. The van der Waals surface area contributed by atoms with Crippen molar-refractivity contribution in [2.24, 2.45) is 17.3 Å². The van der Waals surface area contributed by atoms with Gasteiger partial charge in [-0.3, -0.25) is 14.4 Å². The second-order valence-corrected chi connectivity index (χ2v) is 13.4.